The van der Waals surface area contributed by atoms with Crippen LogP contribution in [0.3, 0.4) is 0 Å². The summed E-state index contributed by atoms with van der Waals surface area (Å²) >= 11 is 0. The normalized spacial score (nSPS) is 13.7. The van der Waals surface area contributed by atoms with Crippen LogP contribution in [0.4, 0.5) is 0 Å². The van der Waals surface area contributed by atoms with Crippen molar-refractivity contribution in [1.82, 2.24) is 10.6 Å². The Kier molecular flexibility index (Phi) is 12.2. The first-order valence-corrected chi connectivity index (χ1v) is 10.6. The molecule has 0 saturated heterocycles. The first kappa shape index (κ1) is 23.2. The third kappa shape index (κ3) is 10.1. The fourth-order valence-electron chi connectivity index (χ4n) is 2.80. The molecule has 0 bridgehead atoms. The van der Waals surface area contributed by atoms with Crippen molar-refractivity contribution in [3.8, 4) is 0 Å². The summed E-state index contributed by atoms with van der Waals surface area (Å²) in [5.74, 6) is 0.983. The van der Waals surface area contributed by atoms with Crippen LogP contribution in [-0.4, -0.2) is 19.4 Å². The first-order valence-electron chi connectivity index (χ1n) is 10.6. The van der Waals surface area contributed by atoms with Crippen molar-refractivity contribution in [3.63, 3.8) is 0 Å². The average molecular weight is 370 g/mol. The Morgan fingerprint density at radius 2 is 1.74 bits per heavy atom. The molecule has 0 unspecified atom stereocenters. The van der Waals surface area contributed by atoms with E-state index in [0.29, 0.717) is 0 Å². The molecular formula is C24H39N3. The molecule has 1 aromatic rings. The molecule has 150 valence electrons. The summed E-state index contributed by atoms with van der Waals surface area (Å²) in [6.07, 6.45) is 10.7. The standard InChI is InChI=1S/C21H31N3.C3H8/c1-4-20(18-11-7-5-8-12-18)23-17(2)24-21(19-14-15-19)13-9-6-10-16-22-3;1-3-2/h4-5,7-8,11-12,22H,6,9-10,13-16H2,1-3H3,(H,23,24);3H2,1-2H3/b20-4-;. The van der Waals surface area contributed by atoms with Crippen LogP contribution in [0.15, 0.2) is 52.7 Å². The summed E-state index contributed by atoms with van der Waals surface area (Å²) in [7, 11) is 2.02. The van der Waals surface area contributed by atoms with Crippen molar-refractivity contribution < 1.29 is 0 Å². The SMILES string of the molecule is C/C=C(\N=C(C)NC(CCCCCNC)=C1CC1)c1ccccc1.CCC. The maximum absolute atomic E-state index is 4.80. The minimum absolute atomic E-state index is 0.983. The van der Waals surface area contributed by atoms with Gasteiger partial charge in [0.2, 0.25) is 0 Å². The molecular weight excluding hydrogens is 330 g/mol. The van der Waals surface area contributed by atoms with Crippen molar-refractivity contribution in [2.75, 3.05) is 13.6 Å². The smallest absolute Gasteiger partial charge is 0.103 e. The highest BCUT2D eigenvalue weighted by Gasteiger charge is 2.17. The van der Waals surface area contributed by atoms with Crippen molar-refractivity contribution in [2.45, 2.75) is 72.6 Å². The molecule has 3 nitrogen and oxygen atoms in total. The molecule has 2 rings (SSSR count). The molecule has 3 heteroatoms. The number of benzene rings is 1. The molecule has 1 fully saturated rings. The molecule has 1 aliphatic carbocycles. The number of unbranched alkanes of at least 4 members (excludes halogenated alkanes) is 2. The van der Waals surface area contributed by atoms with Gasteiger partial charge in [0, 0.05) is 5.70 Å². The number of hydrogen-bond acceptors (Lipinski definition) is 2. The van der Waals surface area contributed by atoms with Gasteiger partial charge in [0.05, 0.1) is 5.70 Å². The molecule has 1 aromatic carbocycles. The Hall–Kier alpha value is -1.87. The third-order valence-corrected chi connectivity index (χ3v) is 4.24. The van der Waals surface area contributed by atoms with Gasteiger partial charge in [0.1, 0.15) is 5.84 Å². The molecule has 0 aromatic heterocycles. The van der Waals surface area contributed by atoms with E-state index >= 15 is 0 Å². The Labute approximate surface area is 167 Å². The lowest BCUT2D eigenvalue weighted by Gasteiger charge is -2.12. The molecule has 0 aliphatic heterocycles. The van der Waals surface area contributed by atoms with Gasteiger partial charge in [0.15, 0.2) is 0 Å². The Balaban J connectivity index is 0.00000114. The minimum Gasteiger partial charge on any atom is -0.348 e. The molecule has 0 heterocycles. The zero-order valence-electron chi connectivity index (χ0n) is 18.1. The van der Waals surface area contributed by atoms with E-state index in [1.165, 1.54) is 44.2 Å². The second-order valence-corrected chi connectivity index (χ2v) is 7.07. The van der Waals surface area contributed by atoms with Gasteiger partial charge in [-0.3, -0.25) is 0 Å². The van der Waals surface area contributed by atoms with Gasteiger partial charge < -0.3 is 10.6 Å². The zero-order chi connectivity index (χ0) is 19.9. The van der Waals surface area contributed by atoms with Crippen LogP contribution in [0.1, 0.15) is 78.2 Å². The maximum Gasteiger partial charge on any atom is 0.103 e. The fourth-order valence-corrected chi connectivity index (χ4v) is 2.80. The van der Waals surface area contributed by atoms with Gasteiger partial charge in [0.25, 0.3) is 0 Å². The van der Waals surface area contributed by atoms with Crippen LogP contribution in [-0.2, 0) is 0 Å². The summed E-state index contributed by atoms with van der Waals surface area (Å²) < 4.78 is 0. The van der Waals surface area contributed by atoms with E-state index in [2.05, 4.69) is 61.7 Å². The van der Waals surface area contributed by atoms with Crippen LogP contribution in [0.5, 0.6) is 0 Å². The third-order valence-electron chi connectivity index (χ3n) is 4.24. The lowest BCUT2D eigenvalue weighted by Crippen LogP contribution is -2.20. The quantitative estimate of drug-likeness (QED) is 0.304. The number of amidine groups is 1. The Morgan fingerprint density at radius 3 is 2.30 bits per heavy atom. The topological polar surface area (TPSA) is 36.4 Å². The van der Waals surface area contributed by atoms with Crippen LogP contribution in [0, 0.1) is 0 Å². The monoisotopic (exact) mass is 369 g/mol. The number of nitrogens with one attached hydrogen (secondary N) is 2. The number of rotatable bonds is 9. The Bertz CT molecular complexity index is 606. The summed E-state index contributed by atoms with van der Waals surface area (Å²) in [6, 6.07) is 10.4. The second kappa shape index (κ2) is 14.2. The lowest BCUT2D eigenvalue weighted by molar-refractivity contribution is 0.634. The van der Waals surface area contributed by atoms with Crippen LogP contribution in [0.2, 0.25) is 0 Å². The number of hydrogen-bond donors (Lipinski definition) is 2. The molecule has 1 aliphatic rings. The van der Waals surface area contributed by atoms with Crippen molar-refractivity contribution in [3.05, 3.63) is 53.2 Å². The van der Waals surface area contributed by atoms with Crippen LogP contribution in [0.25, 0.3) is 5.70 Å². The van der Waals surface area contributed by atoms with E-state index < -0.39 is 0 Å². The Morgan fingerprint density at radius 1 is 1.07 bits per heavy atom. The molecule has 2 N–H and O–H groups in total. The van der Waals surface area contributed by atoms with E-state index in [1.807, 2.05) is 20.0 Å². The summed E-state index contributed by atoms with van der Waals surface area (Å²) in [6.45, 7) is 9.47. The van der Waals surface area contributed by atoms with Crippen molar-refractivity contribution >= 4 is 11.5 Å². The lowest BCUT2D eigenvalue weighted by atomic mass is 10.1. The number of allylic oxidation sites excluding steroid dienone is 3. The molecule has 27 heavy (non-hydrogen) atoms. The molecule has 1 saturated carbocycles. The minimum atomic E-state index is 0.983. The van der Waals surface area contributed by atoms with E-state index in [-0.39, 0.29) is 0 Å². The van der Waals surface area contributed by atoms with E-state index in [9.17, 15) is 0 Å². The van der Waals surface area contributed by atoms with Crippen LogP contribution < -0.4 is 10.6 Å². The second-order valence-electron chi connectivity index (χ2n) is 7.07. The van der Waals surface area contributed by atoms with Crippen molar-refractivity contribution in [1.29, 1.82) is 0 Å². The highest BCUT2D eigenvalue weighted by atomic mass is 15.0. The van der Waals surface area contributed by atoms with Gasteiger partial charge >= 0.3 is 0 Å². The number of aliphatic imine (C=N–C) groups is 1. The van der Waals surface area contributed by atoms with Gasteiger partial charge in [-0.05, 0) is 65.1 Å². The predicted molar refractivity (Wildman–Crippen MR) is 121 cm³/mol. The van der Waals surface area contributed by atoms with Gasteiger partial charge in [-0.25, -0.2) is 4.99 Å². The van der Waals surface area contributed by atoms with E-state index in [1.54, 1.807) is 5.57 Å². The fraction of sp³-hybridized carbons (Fsp3) is 0.542. The summed E-state index contributed by atoms with van der Waals surface area (Å²) in [4.78, 5) is 4.80. The predicted octanol–water partition coefficient (Wildman–Crippen LogP) is 6.30. The maximum atomic E-state index is 4.80. The highest BCUT2D eigenvalue weighted by molar-refractivity contribution is 5.87. The van der Waals surface area contributed by atoms with Crippen LogP contribution >= 0.6 is 0 Å². The van der Waals surface area contributed by atoms with Gasteiger partial charge in [-0.15, -0.1) is 0 Å². The van der Waals surface area contributed by atoms with E-state index in [4.69, 9.17) is 4.99 Å². The molecule has 0 radical (unpaired) electrons. The molecule has 0 amide bonds. The van der Waals surface area contributed by atoms with Crippen molar-refractivity contribution in [2.24, 2.45) is 4.99 Å². The van der Waals surface area contributed by atoms with E-state index in [0.717, 1.165) is 30.1 Å². The number of nitrogens with zero attached hydrogens (tertiary/aromatic N) is 1. The summed E-state index contributed by atoms with van der Waals surface area (Å²) in [5.41, 5.74) is 5.17. The van der Waals surface area contributed by atoms with Gasteiger partial charge in [-0.2, -0.15) is 0 Å². The molecule has 0 spiro atoms. The first-order chi connectivity index (χ1) is 13.2. The largest absolute Gasteiger partial charge is 0.348 e. The zero-order valence-corrected chi connectivity index (χ0v) is 18.1. The molecule has 0 atom stereocenters. The van der Waals surface area contributed by atoms with Gasteiger partial charge in [-0.1, -0.05) is 68.7 Å². The highest BCUT2D eigenvalue weighted by Crippen LogP contribution is 2.32. The summed E-state index contributed by atoms with van der Waals surface area (Å²) in [5, 5.41) is 6.79. The average Bonchev–Trinajstić information content (AvgIpc) is 3.51.